The number of hydrogen-bond acceptors (Lipinski definition) is 4. The first-order valence-electron chi connectivity index (χ1n) is 3.92. The van der Waals surface area contributed by atoms with E-state index in [2.05, 4.69) is 15.2 Å². The van der Waals surface area contributed by atoms with Crippen molar-refractivity contribution in [3.05, 3.63) is 36.3 Å². The Balaban J connectivity index is 2.41. The molecule has 0 atom stereocenters. The molecule has 0 amide bonds. The van der Waals surface area contributed by atoms with E-state index in [1.165, 1.54) is 4.80 Å². The molecule has 2 aromatic rings. The highest BCUT2D eigenvalue weighted by Gasteiger charge is 1.98. The summed E-state index contributed by atoms with van der Waals surface area (Å²) in [5.41, 5.74) is 6.51. The van der Waals surface area contributed by atoms with Crippen LogP contribution < -0.4 is 5.73 Å². The van der Waals surface area contributed by atoms with E-state index >= 15 is 0 Å². The lowest BCUT2D eigenvalue weighted by atomic mass is 10.3. The van der Waals surface area contributed by atoms with Crippen LogP contribution in [0.5, 0.6) is 0 Å². The molecule has 0 aromatic carbocycles. The SMILES string of the molecule is NCc1ccnc(-n2nccn2)c1. The predicted octanol–water partition coefficient (Wildman–Crippen LogP) is 0.121. The Morgan fingerprint density at radius 1 is 1.23 bits per heavy atom. The van der Waals surface area contributed by atoms with Gasteiger partial charge < -0.3 is 5.73 Å². The quantitative estimate of drug-likeness (QED) is 0.703. The molecule has 13 heavy (non-hydrogen) atoms. The van der Waals surface area contributed by atoms with Gasteiger partial charge in [0.05, 0.1) is 12.4 Å². The monoisotopic (exact) mass is 175 g/mol. The molecule has 0 radical (unpaired) electrons. The summed E-state index contributed by atoms with van der Waals surface area (Å²) in [6, 6.07) is 3.73. The highest BCUT2D eigenvalue weighted by atomic mass is 15.5. The summed E-state index contributed by atoms with van der Waals surface area (Å²) in [5.74, 6) is 0.688. The van der Waals surface area contributed by atoms with Crippen molar-refractivity contribution in [3.8, 4) is 5.82 Å². The number of nitrogens with two attached hydrogens (primary N) is 1. The van der Waals surface area contributed by atoms with Gasteiger partial charge in [0, 0.05) is 12.7 Å². The van der Waals surface area contributed by atoms with Crippen LogP contribution in [0.2, 0.25) is 0 Å². The minimum Gasteiger partial charge on any atom is -0.326 e. The third-order valence-electron chi connectivity index (χ3n) is 1.67. The van der Waals surface area contributed by atoms with Crippen LogP contribution in [0.1, 0.15) is 5.56 Å². The molecule has 2 aromatic heterocycles. The Bertz CT molecular complexity index is 381. The number of rotatable bonds is 2. The van der Waals surface area contributed by atoms with E-state index in [1.54, 1.807) is 18.6 Å². The van der Waals surface area contributed by atoms with Gasteiger partial charge in [0.2, 0.25) is 0 Å². The van der Waals surface area contributed by atoms with Crippen molar-refractivity contribution in [2.24, 2.45) is 5.73 Å². The molecule has 0 aliphatic heterocycles. The molecule has 2 heterocycles. The van der Waals surface area contributed by atoms with E-state index in [0.29, 0.717) is 12.4 Å². The van der Waals surface area contributed by atoms with Crippen molar-refractivity contribution in [2.45, 2.75) is 6.54 Å². The molecule has 0 unspecified atom stereocenters. The maximum Gasteiger partial charge on any atom is 0.174 e. The summed E-state index contributed by atoms with van der Waals surface area (Å²) < 4.78 is 0. The van der Waals surface area contributed by atoms with Crippen molar-refractivity contribution < 1.29 is 0 Å². The third kappa shape index (κ3) is 1.54. The molecule has 0 saturated carbocycles. The van der Waals surface area contributed by atoms with Gasteiger partial charge in [-0.3, -0.25) is 0 Å². The summed E-state index contributed by atoms with van der Waals surface area (Å²) in [7, 11) is 0. The topological polar surface area (TPSA) is 69.6 Å². The predicted molar refractivity (Wildman–Crippen MR) is 47.0 cm³/mol. The normalized spacial score (nSPS) is 10.2. The smallest absolute Gasteiger partial charge is 0.174 e. The molecule has 2 rings (SSSR count). The Hall–Kier alpha value is -1.75. The zero-order valence-electron chi connectivity index (χ0n) is 6.96. The minimum atomic E-state index is 0.497. The molecular formula is C8H9N5. The lowest BCUT2D eigenvalue weighted by Crippen LogP contribution is -2.03. The first kappa shape index (κ1) is 7.88. The van der Waals surface area contributed by atoms with E-state index in [1.807, 2.05) is 12.1 Å². The van der Waals surface area contributed by atoms with Crippen LogP contribution in [0, 0.1) is 0 Å². The number of pyridine rings is 1. The fraction of sp³-hybridized carbons (Fsp3) is 0.125. The zero-order chi connectivity index (χ0) is 9.10. The van der Waals surface area contributed by atoms with Crippen LogP contribution in [0.3, 0.4) is 0 Å². The maximum absolute atomic E-state index is 5.49. The largest absolute Gasteiger partial charge is 0.326 e. The second kappa shape index (κ2) is 3.32. The van der Waals surface area contributed by atoms with Crippen molar-refractivity contribution >= 4 is 0 Å². The van der Waals surface area contributed by atoms with Crippen molar-refractivity contribution in [1.29, 1.82) is 0 Å². The van der Waals surface area contributed by atoms with Gasteiger partial charge >= 0.3 is 0 Å². The van der Waals surface area contributed by atoms with Crippen molar-refractivity contribution in [2.75, 3.05) is 0 Å². The van der Waals surface area contributed by atoms with Gasteiger partial charge in [-0.15, -0.1) is 4.80 Å². The van der Waals surface area contributed by atoms with Gasteiger partial charge in [-0.1, -0.05) is 0 Å². The average molecular weight is 175 g/mol. The molecule has 2 N–H and O–H groups in total. The Morgan fingerprint density at radius 3 is 2.69 bits per heavy atom. The molecule has 66 valence electrons. The average Bonchev–Trinajstić information content (AvgIpc) is 2.71. The third-order valence-corrected chi connectivity index (χ3v) is 1.67. The number of nitrogens with zero attached hydrogens (tertiary/aromatic N) is 4. The fourth-order valence-corrected chi connectivity index (χ4v) is 1.03. The van der Waals surface area contributed by atoms with Crippen LogP contribution in [-0.2, 0) is 6.54 Å². The van der Waals surface area contributed by atoms with Crippen LogP contribution >= 0.6 is 0 Å². The summed E-state index contributed by atoms with van der Waals surface area (Å²) in [4.78, 5) is 5.57. The Labute approximate surface area is 75.2 Å². The number of aromatic nitrogens is 4. The highest BCUT2D eigenvalue weighted by Crippen LogP contribution is 2.03. The Morgan fingerprint density at radius 2 is 2.00 bits per heavy atom. The zero-order valence-corrected chi connectivity index (χ0v) is 6.96. The second-order valence-corrected chi connectivity index (χ2v) is 2.54. The van der Waals surface area contributed by atoms with Gasteiger partial charge in [0.1, 0.15) is 0 Å². The molecule has 0 spiro atoms. The minimum absolute atomic E-state index is 0.497. The molecule has 0 bridgehead atoms. The molecule has 0 aliphatic rings. The maximum atomic E-state index is 5.49. The van der Waals surface area contributed by atoms with E-state index in [9.17, 15) is 0 Å². The lowest BCUT2D eigenvalue weighted by Gasteiger charge is -2.00. The van der Waals surface area contributed by atoms with Gasteiger partial charge in [0.25, 0.3) is 0 Å². The fourth-order valence-electron chi connectivity index (χ4n) is 1.03. The van der Waals surface area contributed by atoms with Gasteiger partial charge in [0.15, 0.2) is 5.82 Å². The van der Waals surface area contributed by atoms with E-state index < -0.39 is 0 Å². The van der Waals surface area contributed by atoms with Gasteiger partial charge in [-0.05, 0) is 17.7 Å². The molecule has 5 heteroatoms. The molecule has 0 fully saturated rings. The van der Waals surface area contributed by atoms with Crippen LogP contribution in [0.4, 0.5) is 0 Å². The summed E-state index contributed by atoms with van der Waals surface area (Å²) >= 11 is 0. The van der Waals surface area contributed by atoms with E-state index in [-0.39, 0.29) is 0 Å². The molecule has 0 saturated heterocycles. The Kier molecular flexibility index (Phi) is 2.01. The van der Waals surface area contributed by atoms with Crippen LogP contribution in [0.15, 0.2) is 30.7 Å². The molecule has 0 aliphatic carbocycles. The first-order valence-corrected chi connectivity index (χ1v) is 3.92. The number of hydrogen-bond donors (Lipinski definition) is 1. The van der Waals surface area contributed by atoms with Gasteiger partial charge in [-0.25, -0.2) is 4.98 Å². The van der Waals surface area contributed by atoms with E-state index in [4.69, 9.17) is 5.73 Å². The lowest BCUT2D eigenvalue weighted by molar-refractivity contribution is 0.727. The summed E-state index contributed by atoms with van der Waals surface area (Å²) in [6.07, 6.45) is 4.91. The molecular weight excluding hydrogens is 166 g/mol. The highest BCUT2D eigenvalue weighted by molar-refractivity contribution is 5.25. The standard InChI is InChI=1S/C8H9N5/c9-6-7-1-2-10-8(5-7)13-11-3-4-12-13/h1-5H,6,9H2. The van der Waals surface area contributed by atoms with Crippen molar-refractivity contribution in [3.63, 3.8) is 0 Å². The van der Waals surface area contributed by atoms with Crippen LogP contribution in [0.25, 0.3) is 5.82 Å². The summed E-state index contributed by atoms with van der Waals surface area (Å²) in [6.45, 7) is 0.497. The van der Waals surface area contributed by atoms with Crippen molar-refractivity contribution in [1.82, 2.24) is 20.0 Å². The second-order valence-electron chi connectivity index (χ2n) is 2.54. The molecule has 5 nitrogen and oxygen atoms in total. The van der Waals surface area contributed by atoms with E-state index in [0.717, 1.165) is 5.56 Å². The van der Waals surface area contributed by atoms with Crippen LogP contribution in [-0.4, -0.2) is 20.0 Å². The summed E-state index contributed by atoms with van der Waals surface area (Å²) in [5, 5.41) is 7.93. The first-order chi connectivity index (χ1) is 6.40. The van der Waals surface area contributed by atoms with Gasteiger partial charge in [-0.2, -0.15) is 10.2 Å².